The quantitative estimate of drug-likeness (QED) is 0.593. The molecule has 1 atom stereocenters. The number of aliphatic hydroxyl groups is 1. The molecule has 148 valence electrons. The Labute approximate surface area is 165 Å². The first-order valence-corrected chi connectivity index (χ1v) is 8.02. The first kappa shape index (κ1) is 19.1. The summed E-state index contributed by atoms with van der Waals surface area (Å²) in [4.78, 5) is 24.5. The Morgan fingerprint density at radius 2 is 1.58 bits per heavy atom. The zero-order chi connectivity index (χ0) is 21.9. The minimum atomic E-state index is -2.40. The molecule has 0 aromatic heterocycles. The molecule has 0 radical (unpaired) electrons. The van der Waals surface area contributed by atoms with Gasteiger partial charge in [0.05, 0.1) is 16.9 Å². The number of aliphatic hydroxyl groups excluding tert-OH is 1. The standard InChI is InChI=1S/C19H29NO5.ClH/c1-18(2,3)16(22)24-14-9-8-12(13(21)11-20-7)10-15(14)25-17(23)19(4,5)6;/h8-10,13,20-21H,11H2,1-7H3;1H/i7D3;. The Morgan fingerprint density at radius 1 is 1.08 bits per heavy atom. The summed E-state index contributed by atoms with van der Waals surface area (Å²) in [6.45, 7) is 7.46. The van der Waals surface area contributed by atoms with E-state index in [9.17, 15) is 14.7 Å². The van der Waals surface area contributed by atoms with Crippen LogP contribution in [0.1, 0.15) is 57.3 Å². The molecule has 0 saturated carbocycles. The van der Waals surface area contributed by atoms with Crippen molar-refractivity contribution < 1.29 is 28.3 Å². The van der Waals surface area contributed by atoms with E-state index in [1.54, 1.807) is 41.5 Å². The fourth-order valence-electron chi connectivity index (χ4n) is 1.62. The van der Waals surface area contributed by atoms with Gasteiger partial charge >= 0.3 is 11.9 Å². The molecular formula is C19H30ClNO5. The second-order valence-electron chi connectivity index (χ2n) is 7.88. The number of carbonyl (C=O) groups is 2. The van der Waals surface area contributed by atoms with Gasteiger partial charge in [-0.3, -0.25) is 9.59 Å². The van der Waals surface area contributed by atoms with Crippen LogP contribution in [0.15, 0.2) is 18.2 Å². The van der Waals surface area contributed by atoms with E-state index in [1.807, 2.05) is 0 Å². The zero-order valence-corrected chi connectivity index (χ0v) is 16.8. The van der Waals surface area contributed by atoms with Gasteiger partial charge in [0.15, 0.2) is 11.5 Å². The lowest BCUT2D eigenvalue weighted by atomic mass is 9.97. The molecule has 1 unspecified atom stereocenters. The summed E-state index contributed by atoms with van der Waals surface area (Å²) < 4.78 is 32.2. The second-order valence-corrected chi connectivity index (χ2v) is 7.88. The Bertz CT molecular complexity index is 724. The predicted octanol–water partition coefficient (Wildman–Crippen LogP) is 3.26. The molecule has 0 aliphatic rings. The third-order valence-electron chi connectivity index (χ3n) is 3.28. The molecule has 0 saturated heterocycles. The van der Waals surface area contributed by atoms with E-state index >= 15 is 0 Å². The van der Waals surface area contributed by atoms with Gasteiger partial charge in [-0.25, -0.2) is 0 Å². The number of esters is 2. The Kier molecular flexibility index (Phi) is 6.88. The SMILES string of the molecule is Cl.[2H]C([2H])([2H])NCC(O)c1ccc(OC(=O)C(C)(C)C)c(OC(=O)C(C)(C)C)c1. The van der Waals surface area contributed by atoms with Gasteiger partial charge in [-0.1, -0.05) is 6.07 Å². The minimum Gasteiger partial charge on any atom is -0.422 e. The van der Waals surface area contributed by atoms with E-state index in [-0.39, 0.29) is 30.5 Å². The van der Waals surface area contributed by atoms with Crippen LogP contribution in [-0.4, -0.2) is 30.6 Å². The van der Waals surface area contributed by atoms with E-state index in [1.165, 1.54) is 18.2 Å². The lowest BCUT2D eigenvalue weighted by Crippen LogP contribution is -2.28. The van der Waals surface area contributed by atoms with Crippen LogP contribution >= 0.6 is 12.4 Å². The molecule has 0 spiro atoms. The fourth-order valence-corrected chi connectivity index (χ4v) is 1.62. The molecule has 26 heavy (non-hydrogen) atoms. The number of halogens is 1. The lowest BCUT2D eigenvalue weighted by Gasteiger charge is -2.21. The van der Waals surface area contributed by atoms with Gasteiger partial charge in [0.2, 0.25) is 0 Å². The number of hydrogen-bond acceptors (Lipinski definition) is 6. The number of carbonyl (C=O) groups excluding carboxylic acids is 2. The van der Waals surface area contributed by atoms with Gasteiger partial charge in [-0.15, -0.1) is 12.4 Å². The van der Waals surface area contributed by atoms with Crippen molar-refractivity contribution in [2.45, 2.75) is 47.6 Å². The van der Waals surface area contributed by atoms with Crippen LogP contribution in [-0.2, 0) is 9.59 Å². The van der Waals surface area contributed by atoms with Crippen LogP contribution < -0.4 is 14.8 Å². The van der Waals surface area contributed by atoms with Crippen molar-refractivity contribution >= 4 is 24.3 Å². The van der Waals surface area contributed by atoms with Crippen LogP contribution in [0.5, 0.6) is 11.5 Å². The van der Waals surface area contributed by atoms with Crippen molar-refractivity contribution in [3.05, 3.63) is 23.8 Å². The fraction of sp³-hybridized carbons (Fsp3) is 0.579. The highest BCUT2D eigenvalue weighted by Crippen LogP contribution is 2.34. The molecule has 7 heteroatoms. The number of ether oxygens (including phenoxy) is 2. The van der Waals surface area contributed by atoms with Crippen LogP contribution in [0.3, 0.4) is 0 Å². The summed E-state index contributed by atoms with van der Waals surface area (Å²) in [5.41, 5.74) is -1.26. The van der Waals surface area contributed by atoms with Crippen LogP contribution in [0.25, 0.3) is 0 Å². The molecule has 1 aromatic rings. The molecule has 1 aromatic carbocycles. The number of likely N-dealkylation sites (N-methyl/N-ethyl adjacent to an activating group) is 1. The number of nitrogens with one attached hydrogen (secondary N) is 1. The average Bonchev–Trinajstić information content (AvgIpc) is 2.51. The Morgan fingerprint density at radius 3 is 2.04 bits per heavy atom. The van der Waals surface area contributed by atoms with Crippen molar-refractivity contribution in [2.75, 3.05) is 13.5 Å². The minimum absolute atomic E-state index is 0. The Hall–Kier alpha value is -1.63. The summed E-state index contributed by atoms with van der Waals surface area (Å²) in [6, 6.07) is 4.25. The van der Waals surface area contributed by atoms with Crippen molar-refractivity contribution in [1.82, 2.24) is 5.32 Å². The third-order valence-corrected chi connectivity index (χ3v) is 3.28. The lowest BCUT2D eigenvalue weighted by molar-refractivity contribution is -0.145. The summed E-state index contributed by atoms with van der Waals surface area (Å²) in [5, 5.41) is 12.5. The maximum Gasteiger partial charge on any atom is 0.316 e. The molecule has 2 N–H and O–H groups in total. The van der Waals surface area contributed by atoms with Gasteiger partial charge in [0.1, 0.15) is 0 Å². The van der Waals surface area contributed by atoms with E-state index in [0.29, 0.717) is 5.56 Å². The normalized spacial score (nSPS) is 15.0. The molecule has 0 aliphatic heterocycles. The average molecular weight is 391 g/mol. The highest BCUT2D eigenvalue weighted by atomic mass is 35.5. The number of benzene rings is 1. The molecule has 6 nitrogen and oxygen atoms in total. The topological polar surface area (TPSA) is 84.9 Å². The van der Waals surface area contributed by atoms with Gasteiger partial charge in [0.25, 0.3) is 0 Å². The van der Waals surface area contributed by atoms with E-state index < -0.39 is 35.8 Å². The monoisotopic (exact) mass is 390 g/mol. The van der Waals surface area contributed by atoms with Crippen LogP contribution in [0.2, 0.25) is 0 Å². The largest absolute Gasteiger partial charge is 0.422 e. The molecular weight excluding hydrogens is 358 g/mol. The molecule has 0 aliphatic carbocycles. The molecule has 0 amide bonds. The molecule has 1 rings (SSSR count). The van der Waals surface area contributed by atoms with Crippen LogP contribution in [0, 0.1) is 10.8 Å². The van der Waals surface area contributed by atoms with Gasteiger partial charge in [-0.05, 0) is 66.2 Å². The van der Waals surface area contributed by atoms with Crippen LogP contribution in [0.4, 0.5) is 0 Å². The van der Waals surface area contributed by atoms with E-state index in [2.05, 4.69) is 5.32 Å². The summed E-state index contributed by atoms with van der Waals surface area (Å²) in [7, 11) is 0. The highest BCUT2D eigenvalue weighted by molar-refractivity contribution is 5.85. The van der Waals surface area contributed by atoms with Gasteiger partial charge < -0.3 is 19.9 Å². The molecule has 0 bridgehead atoms. The van der Waals surface area contributed by atoms with Crippen molar-refractivity contribution in [1.29, 1.82) is 0 Å². The van der Waals surface area contributed by atoms with Crippen molar-refractivity contribution in [3.63, 3.8) is 0 Å². The van der Waals surface area contributed by atoms with E-state index in [0.717, 1.165) is 0 Å². The highest BCUT2D eigenvalue weighted by Gasteiger charge is 2.28. The van der Waals surface area contributed by atoms with Crippen molar-refractivity contribution in [2.24, 2.45) is 10.8 Å². The maximum absolute atomic E-state index is 12.3. The maximum atomic E-state index is 12.3. The molecule has 0 heterocycles. The number of hydrogen-bond donors (Lipinski definition) is 2. The Balaban J connectivity index is 0.00000784. The van der Waals surface area contributed by atoms with Gasteiger partial charge in [0, 0.05) is 10.7 Å². The smallest absolute Gasteiger partial charge is 0.316 e. The molecule has 0 fully saturated rings. The first-order valence-electron chi connectivity index (χ1n) is 9.52. The first-order chi connectivity index (χ1) is 12.5. The van der Waals surface area contributed by atoms with Crippen molar-refractivity contribution in [3.8, 4) is 11.5 Å². The third kappa shape index (κ3) is 6.94. The number of rotatable bonds is 5. The second kappa shape index (κ2) is 9.35. The predicted molar refractivity (Wildman–Crippen MR) is 103 cm³/mol. The summed E-state index contributed by atoms with van der Waals surface area (Å²) in [5.74, 6) is -1.05. The van der Waals surface area contributed by atoms with Gasteiger partial charge in [-0.2, -0.15) is 0 Å². The summed E-state index contributed by atoms with van der Waals surface area (Å²) >= 11 is 0. The van der Waals surface area contributed by atoms with E-state index in [4.69, 9.17) is 13.6 Å². The summed E-state index contributed by atoms with van der Waals surface area (Å²) in [6.07, 6.45) is -1.17. The zero-order valence-electron chi connectivity index (χ0n) is 19.0.